The molecular formula is C16H20N2O4. The van der Waals surface area contributed by atoms with Crippen molar-refractivity contribution in [2.24, 2.45) is 0 Å². The summed E-state index contributed by atoms with van der Waals surface area (Å²) >= 11 is 0. The number of carbonyl (C=O) groups excluding carboxylic acids is 2. The summed E-state index contributed by atoms with van der Waals surface area (Å²) in [7, 11) is 2.91. The number of benzene rings is 1. The fourth-order valence-electron chi connectivity index (χ4n) is 2.30. The van der Waals surface area contributed by atoms with Gasteiger partial charge in [0.2, 0.25) is 0 Å². The van der Waals surface area contributed by atoms with Crippen LogP contribution >= 0.6 is 0 Å². The van der Waals surface area contributed by atoms with E-state index in [0.29, 0.717) is 0 Å². The van der Waals surface area contributed by atoms with E-state index < -0.39 is 17.6 Å². The number of amides is 2. The van der Waals surface area contributed by atoms with Crippen LogP contribution in [0, 0.1) is 13.8 Å². The van der Waals surface area contributed by atoms with Crippen LogP contribution in [0.25, 0.3) is 0 Å². The average Bonchev–Trinajstić information content (AvgIpc) is 2.75. The van der Waals surface area contributed by atoms with Crippen molar-refractivity contribution in [1.82, 2.24) is 9.96 Å². The first-order valence-corrected chi connectivity index (χ1v) is 6.94. The van der Waals surface area contributed by atoms with E-state index in [4.69, 9.17) is 4.84 Å². The van der Waals surface area contributed by atoms with Gasteiger partial charge in [-0.3, -0.25) is 14.4 Å². The molecule has 22 heavy (non-hydrogen) atoms. The predicted octanol–water partition coefficient (Wildman–Crippen LogP) is 1.48. The lowest BCUT2D eigenvalue weighted by molar-refractivity contribution is -0.174. The van der Waals surface area contributed by atoms with Crippen molar-refractivity contribution in [1.29, 1.82) is 0 Å². The maximum Gasteiger partial charge on any atom is 0.289 e. The van der Waals surface area contributed by atoms with Crippen LogP contribution in [0.5, 0.6) is 0 Å². The largest absolute Gasteiger partial charge is 0.503 e. The van der Waals surface area contributed by atoms with E-state index in [1.807, 2.05) is 32.0 Å². The van der Waals surface area contributed by atoms with Crippen molar-refractivity contribution in [3.8, 4) is 0 Å². The van der Waals surface area contributed by atoms with Gasteiger partial charge in [0.15, 0.2) is 5.76 Å². The predicted molar refractivity (Wildman–Crippen MR) is 80.8 cm³/mol. The van der Waals surface area contributed by atoms with Crippen molar-refractivity contribution >= 4 is 11.8 Å². The van der Waals surface area contributed by atoms with Crippen LogP contribution in [0.15, 0.2) is 29.5 Å². The van der Waals surface area contributed by atoms with Gasteiger partial charge in [0.1, 0.15) is 0 Å². The number of carbonyl (C=O) groups is 2. The maximum absolute atomic E-state index is 12.4. The van der Waals surface area contributed by atoms with Gasteiger partial charge in [-0.2, -0.15) is 0 Å². The lowest BCUT2D eigenvalue weighted by atomic mass is 10.1. The molecule has 0 atom stereocenters. The standard InChI is InChI=1S/C16H20N2O4/c1-10-5-6-12(7-11(10)2)8-18(22-4)15(20)13-9-17(3)16(21)14(13)19/h5-7,19H,8-9H2,1-4H3. The fourth-order valence-corrected chi connectivity index (χ4v) is 2.30. The molecule has 0 unspecified atom stereocenters. The molecule has 6 heteroatoms. The van der Waals surface area contributed by atoms with Crippen molar-refractivity contribution in [2.45, 2.75) is 20.4 Å². The third-order valence-electron chi connectivity index (χ3n) is 3.83. The molecule has 0 spiro atoms. The van der Waals surface area contributed by atoms with Crippen LogP contribution in [0.2, 0.25) is 0 Å². The second kappa shape index (κ2) is 6.19. The highest BCUT2D eigenvalue weighted by atomic mass is 16.7. The topological polar surface area (TPSA) is 70.1 Å². The molecule has 0 aliphatic carbocycles. The molecular weight excluding hydrogens is 284 g/mol. The molecule has 0 radical (unpaired) electrons. The molecule has 1 N–H and O–H groups in total. The number of hydrogen-bond acceptors (Lipinski definition) is 4. The van der Waals surface area contributed by atoms with Gasteiger partial charge in [-0.25, -0.2) is 5.06 Å². The molecule has 0 saturated heterocycles. The Labute approximate surface area is 129 Å². The van der Waals surface area contributed by atoms with E-state index in [2.05, 4.69) is 0 Å². The Hall–Kier alpha value is -2.34. The zero-order valence-electron chi connectivity index (χ0n) is 13.2. The summed E-state index contributed by atoms with van der Waals surface area (Å²) in [6, 6.07) is 5.88. The number of rotatable bonds is 4. The molecule has 1 aromatic rings. The maximum atomic E-state index is 12.4. The van der Waals surface area contributed by atoms with Gasteiger partial charge in [-0.05, 0) is 30.5 Å². The Morgan fingerprint density at radius 3 is 2.55 bits per heavy atom. The van der Waals surface area contributed by atoms with E-state index in [1.54, 1.807) is 0 Å². The summed E-state index contributed by atoms with van der Waals surface area (Å²) in [4.78, 5) is 30.4. The van der Waals surface area contributed by atoms with Crippen LogP contribution in [0.3, 0.4) is 0 Å². The molecule has 2 amide bonds. The van der Waals surface area contributed by atoms with Crippen LogP contribution in [0.1, 0.15) is 16.7 Å². The van der Waals surface area contributed by atoms with Gasteiger partial charge in [0.05, 0.1) is 25.8 Å². The van der Waals surface area contributed by atoms with Gasteiger partial charge < -0.3 is 10.0 Å². The van der Waals surface area contributed by atoms with E-state index in [1.165, 1.54) is 24.6 Å². The number of aryl methyl sites for hydroxylation is 2. The molecule has 0 fully saturated rings. The Morgan fingerprint density at radius 1 is 1.36 bits per heavy atom. The molecule has 0 saturated carbocycles. The van der Waals surface area contributed by atoms with Gasteiger partial charge in [0.25, 0.3) is 11.8 Å². The van der Waals surface area contributed by atoms with Crippen molar-refractivity contribution < 1.29 is 19.5 Å². The minimum Gasteiger partial charge on any atom is -0.503 e. The summed E-state index contributed by atoms with van der Waals surface area (Å²) in [5, 5.41) is 10.9. The lowest BCUT2D eigenvalue weighted by Gasteiger charge is -2.21. The highest BCUT2D eigenvalue weighted by Gasteiger charge is 2.34. The number of aliphatic hydroxyl groups is 1. The normalized spacial score (nSPS) is 14.7. The average molecular weight is 304 g/mol. The first-order chi connectivity index (χ1) is 10.3. The number of aliphatic hydroxyl groups excluding tert-OH is 1. The van der Waals surface area contributed by atoms with Gasteiger partial charge >= 0.3 is 0 Å². The van der Waals surface area contributed by atoms with Crippen LogP contribution in [-0.2, 0) is 21.0 Å². The van der Waals surface area contributed by atoms with E-state index in [9.17, 15) is 14.7 Å². The van der Waals surface area contributed by atoms with Crippen molar-refractivity contribution in [3.05, 3.63) is 46.2 Å². The van der Waals surface area contributed by atoms with Crippen molar-refractivity contribution in [2.75, 3.05) is 20.7 Å². The van der Waals surface area contributed by atoms with E-state index in [0.717, 1.165) is 16.2 Å². The quantitative estimate of drug-likeness (QED) is 0.855. The molecule has 1 aliphatic rings. The van der Waals surface area contributed by atoms with Gasteiger partial charge in [0, 0.05) is 7.05 Å². The second-order valence-electron chi connectivity index (χ2n) is 5.43. The summed E-state index contributed by atoms with van der Waals surface area (Å²) < 4.78 is 0. The fraction of sp³-hybridized carbons (Fsp3) is 0.375. The summed E-state index contributed by atoms with van der Waals surface area (Å²) in [5.74, 6) is -1.56. The van der Waals surface area contributed by atoms with Crippen LogP contribution < -0.4 is 0 Å². The van der Waals surface area contributed by atoms with Crippen LogP contribution in [-0.4, -0.2) is 47.6 Å². The summed E-state index contributed by atoms with van der Waals surface area (Å²) in [5.41, 5.74) is 3.26. The van der Waals surface area contributed by atoms with E-state index in [-0.39, 0.29) is 18.7 Å². The first-order valence-electron chi connectivity index (χ1n) is 6.94. The minimum absolute atomic E-state index is 0.0539. The molecule has 1 heterocycles. The Morgan fingerprint density at radius 2 is 2.05 bits per heavy atom. The van der Waals surface area contributed by atoms with Gasteiger partial charge in [-0.15, -0.1) is 0 Å². The smallest absolute Gasteiger partial charge is 0.289 e. The van der Waals surface area contributed by atoms with Crippen molar-refractivity contribution in [3.63, 3.8) is 0 Å². The molecule has 0 bridgehead atoms. The second-order valence-corrected chi connectivity index (χ2v) is 5.43. The lowest BCUT2D eigenvalue weighted by Crippen LogP contribution is -2.32. The molecule has 1 aromatic carbocycles. The Balaban J connectivity index is 2.20. The number of likely N-dealkylation sites (N-methyl/N-ethyl adjacent to an activating group) is 1. The third-order valence-corrected chi connectivity index (χ3v) is 3.83. The molecule has 0 aromatic heterocycles. The first kappa shape index (κ1) is 16.0. The SMILES string of the molecule is CON(Cc1ccc(C)c(C)c1)C(=O)C1=C(O)C(=O)N(C)C1. The van der Waals surface area contributed by atoms with Crippen LogP contribution in [0.4, 0.5) is 0 Å². The highest BCUT2D eigenvalue weighted by molar-refractivity contribution is 6.06. The highest BCUT2D eigenvalue weighted by Crippen LogP contribution is 2.19. The molecule has 2 rings (SSSR count). The molecule has 6 nitrogen and oxygen atoms in total. The zero-order valence-corrected chi connectivity index (χ0v) is 13.2. The zero-order chi connectivity index (χ0) is 16.4. The minimum atomic E-state index is -0.550. The molecule has 1 aliphatic heterocycles. The Kier molecular flexibility index (Phi) is 4.51. The summed E-state index contributed by atoms with van der Waals surface area (Å²) in [6.07, 6.45) is 0. The number of hydroxylamine groups is 2. The third kappa shape index (κ3) is 2.96. The monoisotopic (exact) mass is 304 g/mol. The summed E-state index contributed by atoms with van der Waals surface area (Å²) in [6.45, 7) is 4.33. The van der Waals surface area contributed by atoms with E-state index >= 15 is 0 Å². The number of nitrogens with zero attached hydrogens (tertiary/aromatic N) is 2. The van der Waals surface area contributed by atoms with Gasteiger partial charge in [-0.1, -0.05) is 18.2 Å². The molecule has 118 valence electrons. The Bertz CT molecular complexity index is 652. The number of hydrogen-bond donors (Lipinski definition) is 1.